The van der Waals surface area contributed by atoms with Crippen LogP contribution in [0.5, 0.6) is 0 Å². The van der Waals surface area contributed by atoms with Crippen molar-refractivity contribution in [3.63, 3.8) is 0 Å². The number of anilines is 1. The minimum atomic E-state index is -0.0180. The predicted molar refractivity (Wildman–Crippen MR) is 116 cm³/mol. The van der Waals surface area contributed by atoms with E-state index in [-0.39, 0.29) is 11.9 Å². The van der Waals surface area contributed by atoms with Gasteiger partial charge < -0.3 is 9.80 Å². The summed E-state index contributed by atoms with van der Waals surface area (Å²) in [7, 11) is 1.89. The molecule has 1 aliphatic rings. The maximum absolute atomic E-state index is 12.8. The number of amides is 1. The number of hydrogen-bond donors (Lipinski definition) is 0. The molecule has 1 aliphatic heterocycles. The number of rotatable bonds is 5. The van der Waals surface area contributed by atoms with E-state index in [9.17, 15) is 4.79 Å². The van der Waals surface area contributed by atoms with Gasteiger partial charge in [0.05, 0.1) is 22.8 Å². The SMILES string of the molecule is C[C@@H](c1nc2ccccc2s1)N(C)C(=O)CN1CCN(c2ccccc2)CC1. The Balaban J connectivity index is 1.33. The molecule has 0 radical (unpaired) electrons. The molecule has 4 rings (SSSR count). The highest BCUT2D eigenvalue weighted by atomic mass is 32.1. The van der Waals surface area contributed by atoms with E-state index in [2.05, 4.69) is 47.1 Å². The Bertz CT molecular complexity index is 901. The highest BCUT2D eigenvalue weighted by molar-refractivity contribution is 7.18. The molecule has 3 aromatic rings. The number of para-hydroxylation sites is 2. The first-order valence-electron chi connectivity index (χ1n) is 9.75. The minimum Gasteiger partial charge on any atom is -0.369 e. The largest absolute Gasteiger partial charge is 0.369 e. The fourth-order valence-corrected chi connectivity index (χ4v) is 4.62. The lowest BCUT2D eigenvalue weighted by Crippen LogP contribution is -2.49. The van der Waals surface area contributed by atoms with Crippen LogP contribution in [0.3, 0.4) is 0 Å². The predicted octanol–water partition coefficient (Wildman–Crippen LogP) is 3.64. The summed E-state index contributed by atoms with van der Waals surface area (Å²) in [6.45, 7) is 6.24. The summed E-state index contributed by atoms with van der Waals surface area (Å²) in [5.74, 6) is 0.153. The number of thiazole rings is 1. The quantitative estimate of drug-likeness (QED) is 0.662. The molecule has 0 spiro atoms. The summed E-state index contributed by atoms with van der Waals surface area (Å²) < 4.78 is 1.17. The van der Waals surface area contributed by atoms with E-state index in [0.29, 0.717) is 6.54 Å². The molecular weight excluding hydrogens is 368 g/mol. The monoisotopic (exact) mass is 394 g/mol. The standard InChI is InChI=1S/C22H26N4OS/c1-17(22-23-19-10-6-7-11-20(19)28-22)24(2)21(27)16-25-12-14-26(15-13-25)18-8-4-3-5-9-18/h3-11,17H,12-16H2,1-2H3/t17-/m0/s1. The van der Waals surface area contributed by atoms with Gasteiger partial charge in [-0.3, -0.25) is 9.69 Å². The average molecular weight is 395 g/mol. The Hall–Kier alpha value is -2.44. The maximum Gasteiger partial charge on any atom is 0.237 e. The van der Waals surface area contributed by atoms with Crippen molar-refractivity contribution in [3.8, 4) is 0 Å². The second kappa shape index (κ2) is 8.29. The Morgan fingerprint density at radius 1 is 1.07 bits per heavy atom. The first-order chi connectivity index (χ1) is 13.6. The fraction of sp³-hybridized carbons (Fsp3) is 0.364. The van der Waals surface area contributed by atoms with E-state index in [1.807, 2.05) is 36.2 Å². The van der Waals surface area contributed by atoms with Crippen molar-refractivity contribution >= 4 is 33.1 Å². The lowest BCUT2D eigenvalue weighted by molar-refractivity contribution is -0.133. The van der Waals surface area contributed by atoms with Crippen LogP contribution in [0.25, 0.3) is 10.2 Å². The summed E-state index contributed by atoms with van der Waals surface area (Å²) in [6.07, 6.45) is 0. The van der Waals surface area contributed by atoms with E-state index in [4.69, 9.17) is 4.98 Å². The normalized spacial score (nSPS) is 16.3. The van der Waals surface area contributed by atoms with Gasteiger partial charge in [-0.15, -0.1) is 11.3 Å². The van der Waals surface area contributed by atoms with Gasteiger partial charge in [-0.25, -0.2) is 4.98 Å². The van der Waals surface area contributed by atoms with Crippen LogP contribution in [0.15, 0.2) is 54.6 Å². The average Bonchev–Trinajstić information content (AvgIpc) is 3.18. The highest BCUT2D eigenvalue weighted by Gasteiger charge is 2.24. The number of carbonyl (C=O) groups excluding carboxylic acids is 1. The van der Waals surface area contributed by atoms with E-state index in [0.717, 1.165) is 36.7 Å². The van der Waals surface area contributed by atoms with Crippen molar-refractivity contribution < 1.29 is 4.79 Å². The van der Waals surface area contributed by atoms with Crippen molar-refractivity contribution in [2.75, 3.05) is 44.7 Å². The van der Waals surface area contributed by atoms with Crippen molar-refractivity contribution in [1.29, 1.82) is 0 Å². The van der Waals surface area contributed by atoms with Crippen LogP contribution in [0.1, 0.15) is 18.0 Å². The number of hydrogen-bond acceptors (Lipinski definition) is 5. The molecule has 0 aliphatic carbocycles. The van der Waals surface area contributed by atoms with E-state index in [1.165, 1.54) is 10.4 Å². The molecule has 1 saturated heterocycles. The number of piperazine rings is 1. The first kappa shape index (κ1) is 18.9. The van der Waals surface area contributed by atoms with E-state index >= 15 is 0 Å². The van der Waals surface area contributed by atoms with Gasteiger partial charge in [-0.1, -0.05) is 30.3 Å². The Kier molecular flexibility index (Phi) is 5.59. The Morgan fingerprint density at radius 2 is 1.75 bits per heavy atom. The third-order valence-corrected chi connectivity index (χ3v) is 6.70. The van der Waals surface area contributed by atoms with Crippen LogP contribution in [0.2, 0.25) is 0 Å². The molecule has 0 N–H and O–H groups in total. The molecular formula is C22H26N4OS. The molecule has 1 fully saturated rings. The molecule has 5 nitrogen and oxygen atoms in total. The van der Waals surface area contributed by atoms with Crippen molar-refractivity contribution in [2.45, 2.75) is 13.0 Å². The van der Waals surface area contributed by atoms with E-state index in [1.54, 1.807) is 11.3 Å². The van der Waals surface area contributed by atoms with Crippen LogP contribution >= 0.6 is 11.3 Å². The lowest BCUT2D eigenvalue weighted by Gasteiger charge is -2.36. The smallest absolute Gasteiger partial charge is 0.237 e. The summed E-state index contributed by atoms with van der Waals surface area (Å²) in [6, 6.07) is 18.6. The number of benzene rings is 2. The van der Waals surface area contributed by atoms with Crippen LogP contribution < -0.4 is 4.90 Å². The van der Waals surface area contributed by atoms with Gasteiger partial charge in [0.2, 0.25) is 5.91 Å². The van der Waals surface area contributed by atoms with Gasteiger partial charge in [0.1, 0.15) is 5.01 Å². The second-order valence-electron chi connectivity index (χ2n) is 7.30. The maximum atomic E-state index is 12.8. The molecule has 0 saturated carbocycles. The van der Waals surface area contributed by atoms with Gasteiger partial charge in [0.15, 0.2) is 0 Å². The van der Waals surface area contributed by atoms with Crippen LogP contribution in [-0.2, 0) is 4.79 Å². The molecule has 1 aromatic heterocycles. The summed E-state index contributed by atoms with van der Waals surface area (Å²) >= 11 is 1.67. The van der Waals surface area contributed by atoms with Crippen LogP contribution in [0, 0.1) is 0 Å². The third kappa shape index (κ3) is 4.03. The fourth-order valence-electron chi connectivity index (χ4n) is 3.56. The summed E-state index contributed by atoms with van der Waals surface area (Å²) in [5.41, 5.74) is 2.27. The molecule has 146 valence electrons. The summed E-state index contributed by atoms with van der Waals surface area (Å²) in [4.78, 5) is 24.0. The zero-order valence-corrected chi connectivity index (χ0v) is 17.2. The van der Waals surface area contributed by atoms with E-state index < -0.39 is 0 Å². The topological polar surface area (TPSA) is 39.7 Å². The van der Waals surface area contributed by atoms with Gasteiger partial charge in [-0.05, 0) is 31.2 Å². The highest BCUT2D eigenvalue weighted by Crippen LogP contribution is 2.29. The van der Waals surface area contributed by atoms with Crippen molar-refractivity contribution in [2.24, 2.45) is 0 Å². The third-order valence-electron chi connectivity index (χ3n) is 5.49. The number of nitrogens with zero attached hydrogens (tertiary/aromatic N) is 4. The summed E-state index contributed by atoms with van der Waals surface area (Å²) in [5, 5.41) is 0.992. The lowest BCUT2D eigenvalue weighted by atomic mass is 10.2. The molecule has 6 heteroatoms. The zero-order valence-electron chi connectivity index (χ0n) is 16.4. The van der Waals surface area contributed by atoms with Crippen LogP contribution in [-0.4, -0.2) is 60.5 Å². The Labute approximate surface area is 170 Å². The Morgan fingerprint density at radius 3 is 2.46 bits per heavy atom. The van der Waals surface area contributed by atoms with Crippen LogP contribution in [0.4, 0.5) is 5.69 Å². The van der Waals surface area contributed by atoms with Crippen molar-refractivity contribution in [3.05, 3.63) is 59.6 Å². The van der Waals surface area contributed by atoms with Gasteiger partial charge in [-0.2, -0.15) is 0 Å². The molecule has 2 heterocycles. The molecule has 0 unspecified atom stereocenters. The van der Waals surface area contributed by atoms with Gasteiger partial charge in [0.25, 0.3) is 0 Å². The second-order valence-corrected chi connectivity index (χ2v) is 8.36. The number of likely N-dealkylation sites (N-methyl/N-ethyl adjacent to an activating group) is 1. The minimum absolute atomic E-state index is 0.0180. The number of aromatic nitrogens is 1. The van der Waals surface area contributed by atoms with Gasteiger partial charge >= 0.3 is 0 Å². The molecule has 1 amide bonds. The number of fused-ring (bicyclic) bond motifs is 1. The molecule has 0 bridgehead atoms. The molecule has 1 atom stereocenters. The van der Waals surface area contributed by atoms with Crippen molar-refractivity contribution in [1.82, 2.24) is 14.8 Å². The molecule has 2 aromatic carbocycles. The first-order valence-corrected chi connectivity index (χ1v) is 10.6. The number of carbonyl (C=O) groups is 1. The van der Waals surface area contributed by atoms with Gasteiger partial charge in [0, 0.05) is 38.9 Å². The zero-order chi connectivity index (χ0) is 19.5. The molecule has 28 heavy (non-hydrogen) atoms.